The van der Waals surface area contributed by atoms with Crippen LogP contribution in [0.5, 0.6) is 0 Å². The summed E-state index contributed by atoms with van der Waals surface area (Å²) in [6.45, 7) is 0.483. The van der Waals surface area contributed by atoms with E-state index in [9.17, 15) is 9.00 Å². The largest absolute Gasteiger partial charge is 0.384 e. The summed E-state index contributed by atoms with van der Waals surface area (Å²) in [5.74, 6) is 0.783. The van der Waals surface area contributed by atoms with Gasteiger partial charge in [-0.2, -0.15) is 0 Å². The van der Waals surface area contributed by atoms with E-state index in [0.29, 0.717) is 23.8 Å². The Balaban J connectivity index is 1.91. The maximum absolute atomic E-state index is 11.9. The monoisotopic (exact) mass is 349 g/mol. The molecule has 23 heavy (non-hydrogen) atoms. The number of carbonyl (C=O) groups excluding carboxylic acids is 1. The Kier molecular flexibility index (Phi) is 7.19. The Bertz CT molecular complexity index is 681. The van der Waals surface area contributed by atoms with Crippen LogP contribution in [0.25, 0.3) is 6.08 Å². The lowest BCUT2D eigenvalue weighted by atomic mass is 10.2. The van der Waals surface area contributed by atoms with Gasteiger partial charge in [0.2, 0.25) is 5.91 Å². The highest BCUT2D eigenvalue weighted by atomic mass is 32.2. The third-order valence-electron chi connectivity index (χ3n) is 2.98. The zero-order chi connectivity index (χ0) is 16.5. The molecule has 2 aromatic rings. The number of carbonyl (C=O) groups is 1. The molecular formula is C17H19NO3S2. The minimum atomic E-state index is -0.966. The average Bonchev–Trinajstić information content (AvgIpc) is 3.05. The van der Waals surface area contributed by atoms with E-state index in [2.05, 4.69) is 5.32 Å². The van der Waals surface area contributed by atoms with Gasteiger partial charge in [0.15, 0.2) is 0 Å². The highest BCUT2D eigenvalue weighted by molar-refractivity contribution is 7.84. The van der Waals surface area contributed by atoms with Crippen LogP contribution in [0.1, 0.15) is 10.4 Å². The molecule has 1 heterocycles. The van der Waals surface area contributed by atoms with Crippen molar-refractivity contribution >= 4 is 39.8 Å². The molecule has 0 bridgehead atoms. The van der Waals surface area contributed by atoms with E-state index in [1.54, 1.807) is 24.5 Å². The first-order chi connectivity index (χ1) is 11.2. The molecule has 1 aromatic carbocycles. The Morgan fingerprint density at radius 2 is 2.22 bits per heavy atom. The predicted molar refractivity (Wildman–Crippen MR) is 97.0 cm³/mol. The Hall–Kier alpha value is -1.76. The van der Waals surface area contributed by atoms with Gasteiger partial charge in [0.25, 0.3) is 0 Å². The number of nitrogens with one attached hydrogen (secondary N) is 1. The van der Waals surface area contributed by atoms with Crippen LogP contribution in [0.2, 0.25) is 0 Å². The van der Waals surface area contributed by atoms with Gasteiger partial charge < -0.3 is 10.1 Å². The van der Waals surface area contributed by atoms with Crippen LogP contribution in [-0.2, 0) is 26.1 Å². The summed E-state index contributed by atoms with van der Waals surface area (Å²) in [6, 6.07) is 11.3. The quantitative estimate of drug-likeness (QED) is 0.744. The number of benzene rings is 1. The summed E-state index contributed by atoms with van der Waals surface area (Å²) in [7, 11) is 0.628. The van der Waals surface area contributed by atoms with Gasteiger partial charge in [-0.1, -0.05) is 18.2 Å². The Labute approximate surface area is 142 Å². The first-order valence-corrected chi connectivity index (χ1v) is 9.49. The Morgan fingerprint density at radius 1 is 1.35 bits per heavy atom. The minimum absolute atomic E-state index is 0.184. The van der Waals surface area contributed by atoms with E-state index in [-0.39, 0.29) is 5.91 Å². The normalized spacial score (nSPS) is 12.4. The van der Waals surface area contributed by atoms with Crippen molar-refractivity contribution in [3.63, 3.8) is 0 Å². The Morgan fingerprint density at radius 3 is 2.96 bits per heavy atom. The molecule has 1 aromatic heterocycles. The minimum Gasteiger partial charge on any atom is -0.384 e. The third kappa shape index (κ3) is 6.48. The number of hydrogen-bond donors (Lipinski definition) is 1. The van der Waals surface area contributed by atoms with Gasteiger partial charge >= 0.3 is 0 Å². The van der Waals surface area contributed by atoms with Crippen LogP contribution >= 0.6 is 11.3 Å². The van der Waals surface area contributed by atoms with Crippen LogP contribution in [0.3, 0.4) is 0 Å². The van der Waals surface area contributed by atoms with Crippen LogP contribution in [-0.4, -0.2) is 29.6 Å². The van der Waals surface area contributed by atoms with E-state index >= 15 is 0 Å². The first kappa shape index (κ1) is 17.6. The van der Waals surface area contributed by atoms with Crippen LogP contribution in [0.4, 0.5) is 5.69 Å². The lowest BCUT2D eigenvalue weighted by Crippen LogP contribution is -2.09. The number of hydrogen-bond acceptors (Lipinski definition) is 4. The molecule has 0 aliphatic carbocycles. The number of ether oxygens (including phenoxy) is 1. The second-order valence-corrected chi connectivity index (χ2v) is 7.38. The van der Waals surface area contributed by atoms with Crippen molar-refractivity contribution in [1.29, 1.82) is 0 Å². The van der Waals surface area contributed by atoms with E-state index in [0.717, 1.165) is 10.4 Å². The molecule has 1 atom stereocenters. The maximum atomic E-state index is 11.9. The van der Waals surface area contributed by atoms with Crippen molar-refractivity contribution in [1.82, 2.24) is 0 Å². The summed E-state index contributed by atoms with van der Waals surface area (Å²) in [5, 5.41) is 4.78. The molecule has 0 unspecified atom stereocenters. The molecule has 122 valence electrons. The molecule has 6 heteroatoms. The average molecular weight is 349 g/mol. The van der Waals surface area contributed by atoms with Gasteiger partial charge in [0.05, 0.1) is 6.61 Å². The maximum Gasteiger partial charge on any atom is 0.248 e. The molecule has 4 nitrogen and oxygen atoms in total. The molecule has 2 rings (SSSR count). The molecule has 1 amide bonds. The van der Waals surface area contributed by atoms with Gasteiger partial charge in [-0.25, -0.2) is 0 Å². The summed E-state index contributed by atoms with van der Waals surface area (Å²) >= 11 is 1.58. The van der Waals surface area contributed by atoms with E-state index < -0.39 is 10.8 Å². The van der Waals surface area contributed by atoms with Crippen molar-refractivity contribution in [3.05, 3.63) is 58.3 Å². The number of anilines is 1. The SMILES string of the molecule is COCC[S@@](=O)Cc1cccc(NC(=O)/C=C\c2cccs2)c1. The number of amides is 1. The summed E-state index contributed by atoms with van der Waals surface area (Å²) in [6.07, 6.45) is 3.29. The van der Waals surface area contributed by atoms with Gasteiger partial charge in [-0.05, 0) is 35.2 Å². The highest BCUT2D eigenvalue weighted by Crippen LogP contribution is 2.14. The molecule has 0 aliphatic rings. The fourth-order valence-electron chi connectivity index (χ4n) is 1.90. The topological polar surface area (TPSA) is 55.4 Å². The van der Waals surface area contributed by atoms with Gasteiger partial charge in [0, 0.05) is 46.1 Å². The molecular weight excluding hydrogens is 330 g/mol. The van der Waals surface area contributed by atoms with Crippen LogP contribution in [0, 0.1) is 0 Å². The third-order valence-corrected chi connectivity index (χ3v) is 5.09. The lowest BCUT2D eigenvalue weighted by molar-refractivity contribution is -0.111. The molecule has 0 fully saturated rings. The van der Waals surface area contributed by atoms with Crippen LogP contribution in [0.15, 0.2) is 47.9 Å². The zero-order valence-electron chi connectivity index (χ0n) is 12.9. The molecule has 0 spiro atoms. The highest BCUT2D eigenvalue weighted by Gasteiger charge is 2.04. The first-order valence-electron chi connectivity index (χ1n) is 7.13. The predicted octanol–water partition coefficient (Wildman–Crippen LogP) is 3.30. The second kappa shape index (κ2) is 9.39. The zero-order valence-corrected chi connectivity index (χ0v) is 14.5. The molecule has 0 saturated heterocycles. The fourth-order valence-corrected chi connectivity index (χ4v) is 3.57. The molecule has 1 N–H and O–H groups in total. The molecule has 0 radical (unpaired) electrons. The number of rotatable bonds is 8. The van der Waals surface area contributed by atoms with E-state index in [1.807, 2.05) is 41.8 Å². The van der Waals surface area contributed by atoms with Crippen molar-refractivity contribution in [2.45, 2.75) is 5.75 Å². The number of methoxy groups -OCH3 is 1. The van der Waals surface area contributed by atoms with Crippen molar-refractivity contribution in [3.8, 4) is 0 Å². The van der Waals surface area contributed by atoms with E-state index in [4.69, 9.17) is 4.74 Å². The summed E-state index contributed by atoms with van der Waals surface area (Å²) < 4.78 is 16.8. The molecule has 0 saturated carbocycles. The fraction of sp³-hybridized carbons (Fsp3) is 0.235. The smallest absolute Gasteiger partial charge is 0.248 e. The standard InChI is InChI=1S/C17H19NO3S2/c1-21-9-11-23(20)13-14-4-2-5-15(12-14)18-17(19)8-7-16-6-3-10-22-16/h2-8,10,12H,9,11,13H2,1H3,(H,18,19)/b8-7-/t23-/m1/s1. The lowest BCUT2D eigenvalue weighted by Gasteiger charge is -2.06. The van der Waals surface area contributed by atoms with Crippen molar-refractivity contribution < 1.29 is 13.7 Å². The van der Waals surface area contributed by atoms with Gasteiger partial charge in [-0.3, -0.25) is 9.00 Å². The number of thiophene rings is 1. The van der Waals surface area contributed by atoms with Crippen molar-refractivity contribution in [2.24, 2.45) is 0 Å². The molecule has 0 aliphatic heterocycles. The van der Waals surface area contributed by atoms with Crippen LogP contribution < -0.4 is 5.32 Å². The second-order valence-electron chi connectivity index (χ2n) is 4.82. The van der Waals surface area contributed by atoms with Crippen molar-refractivity contribution in [2.75, 3.05) is 24.8 Å². The van der Waals surface area contributed by atoms with E-state index in [1.165, 1.54) is 6.08 Å². The van der Waals surface area contributed by atoms with Gasteiger partial charge in [-0.15, -0.1) is 11.3 Å². The summed E-state index contributed by atoms with van der Waals surface area (Å²) in [4.78, 5) is 12.9. The summed E-state index contributed by atoms with van der Waals surface area (Å²) in [5.41, 5.74) is 1.63. The van der Waals surface area contributed by atoms with Gasteiger partial charge in [0.1, 0.15) is 0 Å².